The highest BCUT2D eigenvalue weighted by Crippen LogP contribution is 2.17. The van der Waals surface area contributed by atoms with Gasteiger partial charge in [0, 0.05) is 58.4 Å². The number of benzene rings is 1. The molecule has 0 saturated carbocycles. The lowest BCUT2D eigenvalue weighted by atomic mass is 10.2. The van der Waals surface area contributed by atoms with Gasteiger partial charge in [0.1, 0.15) is 5.76 Å². The van der Waals surface area contributed by atoms with Gasteiger partial charge < -0.3 is 20.0 Å². The number of halogens is 1. The molecule has 2 heterocycles. The number of hydrogen-bond donors (Lipinski definition) is 2. The fraction of sp³-hybridized carbons (Fsp3) is 0.500. The quantitative estimate of drug-likeness (QED) is 0.247. The molecule has 0 amide bonds. The van der Waals surface area contributed by atoms with E-state index in [1.165, 1.54) is 11.3 Å². The predicted molar refractivity (Wildman–Crippen MR) is 132 cm³/mol. The Labute approximate surface area is 191 Å². The van der Waals surface area contributed by atoms with Gasteiger partial charge in [-0.15, -0.1) is 24.0 Å². The van der Waals surface area contributed by atoms with Crippen LogP contribution in [0.25, 0.3) is 0 Å². The van der Waals surface area contributed by atoms with Gasteiger partial charge in [0.25, 0.3) is 0 Å². The average molecular weight is 511 g/mol. The SMILES string of the molecule is CN=C(NCCCN1CCN(c2cccc(C)c2)CC1)NCCc1ccco1.I. The minimum absolute atomic E-state index is 0. The summed E-state index contributed by atoms with van der Waals surface area (Å²) in [6.07, 6.45) is 3.69. The van der Waals surface area contributed by atoms with Crippen molar-refractivity contribution in [3.63, 3.8) is 0 Å². The number of nitrogens with zero attached hydrogens (tertiary/aromatic N) is 3. The number of hydrogen-bond acceptors (Lipinski definition) is 4. The van der Waals surface area contributed by atoms with E-state index in [2.05, 4.69) is 56.6 Å². The van der Waals surface area contributed by atoms with Gasteiger partial charge in [0.2, 0.25) is 0 Å². The van der Waals surface area contributed by atoms with Crippen LogP contribution in [0.4, 0.5) is 5.69 Å². The fourth-order valence-corrected chi connectivity index (χ4v) is 3.54. The molecule has 2 aromatic rings. The lowest BCUT2D eigenvalue weighted by Gasteiger charge is -2.36. The standard InChI is InChI=1S/C22H33N5O.HI/c1-19-6-3-7-20(18-19)27-15-13-26(14-16-27)12-5-10-24-22(23-2)25-11-9-21-8-4-17-28-21;/h3-4,6-8,17-18H,5,9-16H2,1-2H3,(H2,23,24,25);1H. The van der Waals surface area contributed by atoms with E-state index in [-0.39, 0.29) is 24.0 Å². The normalized spacial score (nSPS) is 15.1. The number of piperazine rings is 1. The highest BCUT2D eigenvalue weighted by Gasteiger charge is 2.16. The molecule has 29 heavy (non-hydrogen) atoms. The van der Waals surface area contributed by atoms with Crippen molar-refractivity contribution in [2.75, 3.05) is 57.8 Å². The van der Waals surface area contributed by atoms with Crippen LogP contribution in [-0.4, -0.2) is 63.7 Å². The summed E-state index contributed by atoms with van der Waals surface area (Å²) in [5, 5.41) is 6.73. The summed E-state index contributed by atoms with van der Waals surface area (Å²) in [6.45, 7) is 9.49. The van der Waals surface area contributed by atoms with E-state index >= 15 is 0 Å². The molecule has 1 aliphatic heterocycles. The summed E-state index contributed by atoms with van der Waals surface area (Å²) >= 11 is 0. The first-order valence-corrected chi connectivity index (χ1v) is 10.3. The number of nitrogens with one attached hydrogen (secondary N) is 2. The molecule has 3 rings (SSSR count). The zero-order chi connectivity index (χ0) is 19.6. The van der Waals surface area contributed by atoms with Crippen LogP contribution in [-0.2, 0) is 6.42 Å². The Morgan fingerprint density at radius 3 is 2.55 bits per heavy atom. The molecule has 0 aliphatic carbocycles. The number of aliphatic imine (C=N–C) groups is 1. The maximum Gasteiger partial charge on any atom is 0.190 e. The van der Waals surface area contributed by atoms with Crippen LogP contribution >= 0.6 is 24.0 Å². The average Bonchev–Trinajstić information content (AvgIpc) is 3.24. The lowest BCUT2D eigenvalue weighted by molar-refractivity contribution is 0.255. The maximum atomic E-state index is 5.35. The first kappa shape index (κ1) is 23.5. The summed E-state index contributed by atoms with van der Waals surface area (Å²) in [5.41, 5.74) is 2.68. The molecule has 1 aliphatic rings. The maximum absolute atomic E-state index is 5.35. The number of guanidine groups is 1. The van der Waals surface area contributed by atoms with E-state index in [0.717, 1.165) is 70.4 Å². The first-order chi connectivity index (χ1) is 13.7. The largest absolute Gasteiger partial charge is 0.469 e. The molecule has 0 bridgehead atoms. The van der Waals surface area contributed by atoms with E-state index in [1.54, 1.807) is 6.26 Å². The van der Waals surface area contributed by atoms with Crippen molar-refractivity contribution in [1.82, 2.24) is 15.5 Å². The molecule has 7 heteroatoms. The molecule has 160 valence electrons. The van der Waals surface area contributed by atoms with Gasteiger partial charge in [0.05, 0.1) is 6.26 Å². The predicted octanol–water partition coefficient (Wildman–Crippen LogP) is 3.13. The van der Waals surface area contributed by atoms with Crippen molar-refractivity contribution < 1.29 is 4.42 Å². The fourth-order valence-electron chi connectivity index (χ4n) is 3.54. The number of furan rings is 1. The van der Waals surface area contributed by atoms with Crippen LogP contribution in [0.2, 0.25) is 0 Å². The van der Waals surface area contributed by atoms with Crippen LogP contribution in [0.15, 0.2) is 52.1 Å². The van der Waals surface area contributed by atoms with Crippen molar-refractivity contribution in [3.05, 3.63) is 54.0 Å². The minimum Gasteiger partial charge on any atom is -0.469 e. The summed E-state index contributed by atoms with van der Waals surface area (Å²) in [7, 11) is 1.81. The van der Waals surface area contributed by atoms with Gasteiger partial charge in [-0.3, -0.25) is 9.89 Å². The minimum atomic E-state index is 0. The van der Waals surface area contributed by atoms with Gasteiger partial charge in [-0.1, -0.05) is 12.1 Å². The van der Waals surface area contributed by atoms with Crippen molar-refractivity contribution in [2.24, 2.45) is 4.99 Å². The molecule has 6 nitrogen and oxygen atoms in total. The highest BCUT2D eigenvalue weighted by atomic mass is 127. The Morgan fingerprint density at radius 1 is 1.07 bits per heavy atom. The van der Waals surface area contributed by atoms with Gasteiger partial charge in [-0.25, -0.2) is 0 Å². The molecular weight excluding hydrogens is 477 g/mol. The van der Waals surface area contributed by atoms with E-state index in [1.807, 2.05) is 19.2 Å². The van der Waals surface area contributed by atoms with Crippen molar-refractivity contribution in [1.29, 1.82) is 0 Å². The molecule has 1 fully saturated rings. The monoisotopic (exact) mass is 511 g/mol. The Bertz CT molecular complexity index is 727. The third-order valence-corrected chi connectivity index (χ3v) is 5.15. The van der Waals surface area contributed by atoms with Gasteiger partial charge in [-0.05, 0) is 49.7 Å². The second kappa shape index (κ2) is 12.7. The smallest absolute Gasteiger partial charge is 0.190 e. The molecule has 2 N–H and O–H groups in total. The topological polar surface area (TPSA) is 56.0 Å². The molecule has 0 spiro atoms. The van der Waals surface area contributed by atoms with Crippen LogP contribution in [0.3, 0.4) is 0 Å². The third kappa shape index (κ3) is 7.89. The zero-order valence-corrected chi connectivity index (χ0v) is 19.9. The van der Waals surface area contributed by atoms with Gasteiger partial charge >= 0.3 is 0 Å². The van der Waals surface area contributed by atoms with Gasteiger partial charge in [-0.2, -0.15) is 0 Å². The van der Waals surface area contributed by atoms with Gasteiger partial charge in [0.15, 0.2) is 5.96 Å². The molecule has 1 aromatic carbocycles. The first-order valence-electron chi connectivity index (χ1n) is 10.3. The second-order valence-corrected chi connectivity index (χ2v) is 7.28. The number of rotatable bonds is 8. The lowest BCUT2D eigenvalue weighted by Crippen LogP contribution is -2.47. The molecular formula is C22H34IN5O. The van der Waals surface area contributed by atoms with E-state index in [4.69, 9.17) is 4.42 Å². The van der Waals surface area contributed by atoms with Crippen LogP contribution < -0.4 is 15.5 Å². The van der Waals surface area contributed by atoms with Crippen molar-refractivity contribution in [3.8, 4) is 0 Å². The molecule has 1 saturated heterocycles. The summed E-state index contributed by atoms with van der Waals surface area (Å²) in [4.78, 5) is 9.33. The Morgan fingerprint density at radius 2 is 1.86 bits per heavy atom. The van der Waals surface area contributed by atoms with E-state index in [0.29, 0.717) is 0 Å². The summed E-state index contributed by atoms with van der Waals surface area (Å²) in [6, 6.07) is 12.7. The van der Waals surface area contributed by atoms with Crippen LogP contribution in [0.5, 0.6) is 0 Å². The van der Waals surface area contributed by atoms with Crippen LogP contribution in [0, 0.1) is 6.92 Å². The second-order valence-electron chi connectivity index (χ2n) is 7.28. The molecule has 0 atom stereocenters. The summed E-state index contributed by atoms with van der Waals surface area (Å²) in [5.74, 6) is 1.85. The number of aryl methyl sites for hydroxylation is 1. The number of anilines is 1. The van der Waals surface area contributed by atoms with E-state index in [9.17, 15) is 0 Å². The third-order valence-electron chi connectivity index (χ3n) is 5.15. The zero-order valence-electron chi connectivity index (χ0n) is 17.6. The summed E-state index contributed by atoms with van der Waals surface area (Å²) < 4.78 is 5.35. The Hall–Kier alpha value is -1.74. The highest BCUT2D eigenvalue weighted by molar-refractivity contribution is 14.0. The molecule has 0 unspecified atom stereocenters. The molecule has 0 radical (unpaired) electrons. The van der Waals surface area contributed by atoms with Crippen LogP contribution in [0.1, 0.15) is 17.7 Å². The van der Waals surface area contributed by atoms with E-state index < -0.39 is 0 Å². The Balaban J connectivity index is 0.00000300. The Kier molecular flexibility index (Phi) is 10.3. The molecule has 1 aromatic heterocycles. The van der Waals surface area contributed by atoms with Crippen molar-refractivity contribution >= 4 is 35.6 Å². The van der Waals surface area contributed by atoms with Crippen molar-refractivity contribution in [2.45, 2.75) is 19.8 Å².